The first-order valence-electron chi connectivity index (χ1n) is 6.69. The van der Waals surface area contributed by atoms with Gasteiger partial charge in [-0.3, -0.25) is 0 Å². The molecule has 0 amide bonds. The number of hydrogen-bond acceptors (Lipinski definition) is 5. The van der Waals surface area contributed by atoms with Gasteiger partial charge in [0.25, 0.3) is 0 Å². The van der Waals surface area contributed by atoms with Gasteiger partial charge in [0, 0.05) is 26.2 Å². The number of nitrogens with zero attached hydrogens (tertiary/aromatic N) is 3. The third-order valence-electron chi connectivity index (χ3n) is 2.80. The smallest absolute Gasteiger partial charge is 0.133 e. The van der Waals surface area contributed by atoms with Gasteiger partial charge < -0.3 is 15.5 Å². The molecule has 0 saturated heterocycles. The lowest BCUT2D eigenvalue weighted by atomic mass is 10.3. The number of rotatable bonds is 9. The van der Waals surface area contributed by atoms with Crippen LogP contribution in [-0.2, 0) is 0 Å². The molecule has 1 aromatic rings. The first-order chi connectivity index (χ1) is 8.77. The van der Waals surface area contributed by atoms with Crippen LogP contribution in [0.25, 0.3) is 0 Å². The molecule has 1 heterocycles. The Kier molecular flexibility index (Phi) is 7.10. The molecule has 0 aliphatic carbocycles. The molecule has 5 heteroatoms. The molecule has 0 aromatic carbocycles. The molecular formula is C13H25N5. The van der Waals surface area contributed by atoms with Crippen LogP contribution in [0.5, 0.6) is 0 Å². The molecule has 0 fully saturated rings. The van der Waals surface area contributed by atoms with E-state index in [9.17, 15) is 0 Å². The van der Waals surface area contributed by atoms with Crippen molar-refractivity contribution >= 4 is 11.6 Å². The maximum Gasteiger partial charge on any atom is 0.133 e. The molecule has 0 spiro atoms. The van der Waals surface area contributed by atoms with Gasteiger partial charge >= 0.3 is 0 Å². The monoisotopic (exact) mass is 251 g/mol. The van der Waals surface area contributed by atoms with Crippen molar-refractivity contribution in [3.8, 4) is 0 Å². The Morgan fingerprint density at radius 2 is 2.06 bits per heavy atom. The molecule has 102 valence electrons. The van der Waals surface area contributed by atoms with E-state index < -0.39 is 0 Å². The van der Waals surface area contributed by atoms with E-state index in [1.165, 1.54) is 12.8 Å². The van der Waals surface area contributed by atoms with Crippen LogP contribution in [0.15, 0.2) is 12.4 Å². The van der Waals surface area contributed by atoms with Crippen molar-refractivity contribution in [2.75, 3.05) is 43.9 Å². The summed E-state index contributed by atoms with van der Waals surface area (Å²) in [5.74, 6) is 1.88. The Labute approximate surface area is 110 Å². The Morgan fingerprint density at radius 3 is 2.78 bits per heavy atom. The second-order valence-electron chi connectivity index (χ2n) is 4.42. The first-order valence-corrected chi connectivity index (χ1v) is 6.69. The van der Waals surface area contributed by atoms with Gasteiger partial charge in [-0.25, -0.2) is 9.97 Å². The van der Waals surface area contributed by atoms with Gasteiger partial charge in [0.05, 0.1) is 0 Å². The number of unbranched alkanes of at least 4 members (excludes halogenated alkanes) is 1. The number of hydrogen-bond donors (Lipinski definition) is 2. The molecule has 18 heavy (non-hydrogen) atoms. The molecule has 2 N–H and O–H groups in total. The highest BCUT2D eigenvalue weighted by molar-refractivity contribution is 5.47. The fraction of sp³-hybridized carbons (Fsp3) is 0.692. The van der Waals surface area contributed by atoms with E-state index in [1.807, 2.05) is 13.1 Å². The second-order valence-corrected chi connectivity index (χ2v) is 4.42. The molecule has 0 saturated carbocycles. The summed E-state index contributed by atoms with van der Waals surface area (Å²) in [6, 6.07) is 2.01. The summed E-state index contributed by atoms with van der Waals surface area (Å²) in [6.45, 7) is 5.17. The summed E-state index contributed by atoms with van der Waals surface area (Å²) < 4.78 is 0. The average Bonchev–Trinajstić information content (AvgIpc) is 2.41. The van der Waals surface area contributed by atoms with Crippen LogP contribution < -0.4 is 15.5 Å². The van der Waals surface area contributed by atoms with Crippen LogP contribution in [-0.4, -0.2) is 43.7 Å². The topological polar surface area (TPSA) is 53.1 Å². The molecule has 0 aliphatic heterocycles. The van der Waals surface area contributed by atoms with E-state index in [2.05, 4.69) is 39.5 Å². The fourth-order valence-electron chi connectivity index (χ4n) is 1.64. The van der Waals surface area contributed by atoms with Crippen LogP contribution >= 0.6 is 0 Å². The average molecular weight is 251 g/mol. The SMILES string of the molecule is CCCCN(C)c1cc(NCCCNC)ncn1. The van der Waals surface area contributed by atoms with Crippen LogP contribution in [0.3, 0.4) is 0 Å². The van der Waals surface area contributed by atoms with E-state index >= 15 is 0 Å². The number of aromatic nitrogens is 2. The van der Waals surface area contributed by atoms with E-state index in [-0.39, 0.29) is 0 Å². The summed E-state index contributed by atoms with van der Waals surface area (Å²) in [7, 11) is 4.04. The van der Waals surface area contributed by atoms with Gasteiger partial charge in [0.1, 0.15) is 18.0 Å². The highest BCUT2D eigenvalue weighted by atomic mass is 15.2. The molecule has 0 unspecified atom stereocenters. The molecule has 1 rings (SSSR count). The minimum atomic E-state index is 0.902. The van der Waals surface area contributed by atoms with Gasteiger partial charge in [0.2, 0.25) is 0 Å². The van der Waals surface area contributed by atoms with Gasteiger partial charge in [0.15, 0.2) is 0 Å². The Balaban J connectivity index is 2.45. The lowest BCUT2D eigenvalue weighted by Crippen LogP contribution is -2.20. The molecule has 0 bridgehead atoms. The standard InChI is InChI=1S/C13H25N5/c1-4-5-9-18(3)13-10-12(16-11-17-13)15-8-6-7-14-2/h10-11,14H,4-9H2,1-3H3,(H,15,16,17). The van der Waals surface area contributed by atoms with Crippen molar-refractivity contribution in [2.24, 2.45) is 0 Å². The summed E-state index contributed by atoms with van der Waals surface area (Å²) in [6.07, 6.45) is 5.09. The van der Waals surface area contributed by atoms with Crippen molar-refractivity contribution < 1.29 is 0 Å². The molecule has 0 aliphatic rings. The predicted octanol–water partition coefficient (Wildman–Crippen LogP) is 1.73. The van der Waals surface area contributed by atoms with Crippen molar-refractivity contribution in [2.45, 2.75) is 26.2 Å². The first kappa shape index (κ1) is 14.7. The Bertz CT molecular complexity index is 329. The third-order valence-corrected chi connectivity index (χ3v) is 2.80. The van der Waals surface area contributed by atoms with Crippen LogP contribution in [0.1, 0.15) is 26.2 Å². The van der Waals surface area contributed by atoms with E-state index in [0.717, 1.165) is 37.7 Å². The largest absolute Gasteiger partial charge is 0.370 e. The summed E-state index contributed by atoms with van der Waals surface area (Å²) in [5, 5.41) is 6.44. The fourth-order valence-corrected chi connectivity index (χ4v) is 1.64. The minimum Gasteiger partial charge on any atom is -0.370 e. The van der Waals surface area contributed by atoms with E-state index in [1.54, 1.807) is 6.33 Å². The van der Waals surface area contributed by atoms with Gasteiger partial charge in [-0.1, -0.05) is 13.3 Å². The van der Waals surface area contributed by atoms with Crippen molar-refractivity contribution in [1.82, 2.24) is 15.3 Å². The third kappa shape index (κ3) is 5.31. The van der Waals surface area contributed by atoms with Gasteiger partial charge in [-0.05, 0) is 26.4 Å². The van der Waals surface area contributed by atoms with Gasteiger partial charge in [-0.15, -0.1) is 0 Å². The quantitative estimate of drug-likeness (QED) is 0.655. The summed E-state index contributed by atoms with van der Waals surface area (Å²) >= 11 is 0. The minimum absolute atomic E-state index is 0.902. The van der Waals surface area contributed by atoms with Crippen molar-refractivity contribution in [3.05, 3.63) is 12.4 Å². The molecule has 1 aromatic heterocycles. The molecule has 0 atom stereocenters. The normalized spacial score (nSPS) is 10.4. The zero-order chi connectivity index (χ0) is 13.2. The number of anilines is 2. The molecule has 5 nitrogen and oxygen atoms in total. The zero-order valence-corrected chi connectivity index (χ0v) is 11.7. The van der Waals surface area contributed by atoms with Crippen molar-refractivity contribution in [3.63, 3.8) is 0 Å². The maximum absolute atomic E-state index is 4.30. The number of nitrogens with one attached hydrogen (secondary N) is 2. The highest BCUT2D eigenvalue weighted by Gasteiger charge is 2.03. The van der Waals surface area contributed by atoms with Crippen LogP contribution in [0.2, 0.25) is 0 Å². The summed E-state index contributed by atoms with van der Waals surface area (Å²) in [4.78, 5) is 10.7. The molecule has 0 radical (unpaired) electrons. The highest BCUT2D eigenvalue weighted by Crippen LogP contribution is 2.13. The zero-order valence-electron chi connectivity index (χ0n) is 11.7. The predicted molar refractivity (Wildman–Crippen MR) is 77.2 cm³/mol. The lowest BCUT2D eigenvalue weighted by molar-refractivity contribution is 0.745. The van der Waals surface area contributed by atoms with Crippen LogP contribution in [0, 0.1) is 0 Å². The van der Waals surface area contributed by atoms with Crippen LogP contribution in [0.4, 0.5) is 11.6 Å². The Hall–Kier alpha value is -1.36. The molecular weight excluding hydrogens is 226 g/mol. The lowest BCUT2D eigenvalue weighted by Gasteiger charge is -2.18. The summed E-state index contributed by atoms with van der Waals surface area (Å²) in [5.41, 5.74) is 0. The second kappa shape index (κ2) is 8.69. The van der Waals surface area contributed by atoms with Gasteiger partial charge in [-0.2, -0.15) is 0 Å². The van der Waals surface area contributed by atoms with E-state index in [4.69, 9.17) is 0 Å². The van der Waals surface area contributed by atoms with Crippen molar-refractivity contribution in [1.29, 1.82) is 0 Å². The maximum atomic E-state index is 4.30. The Morgan fingerprint density at radius 1 is 1.22 bits per heavy atom. The van der Waals surface area contributed by atoms with E-state index in [0.29, 0.717) is 0 Å².